The number of methoxy groups -OCH3 is 2. The zero-order valence-electron chi connectivity index (χ0n) is 16.9. The predicted octanol–water partition coefficient (Wildman–Crippen LogP) is 4.58. The molecule has 3 rings (SSSR count). The molecule has 0 aliphatic carbocycles. The van der Waals surface area contributed by atoms with Gasteiger partial charge in [-0.1, -0.05) is 66.7 Å². The highest BCUT2D eigenvalue weighted by atomic mass is 16.5. The van der Waals surface area contributed by atoms with Crippen LogP contribution in [0.3, 0.4) is 0 Å². The Morgan fingerprint density at radius 1 is 0.828 bits per heavy atom. The summed E-state index contributed by atoms with van der Waals surface area (Å²) >= 11 is 0. The first-order chi connectivity index (χ1) is 14.2. The minimum atomic E-state index is 0.0386. The van der Waals surface area contributed by atoms with Crippen molar-refractivity contribution in [2.75, 3.05) is 20.8 Å². The zero-order valence-corrected chi connectivity index (χ0v) is 16.9. The zero-order chi connectivity index (χ0) is 20.5. The van der Waals surface area contributed by atoms with Gasteiger partial charge in [0.15, 0.2) is 11.5 Å². The second kappa shape index (κ2) is 10.3. The third kappa shape index (κ3) is 5.61. The van der Waals surface area contributed by atoms with E-state index in [1.807, 2.05) is 54.6 Å². The van der Waals surface area contributed by atoms with E-state index in [1.165, 1.54) is 11.1 Å². The van der Waals surface area contributed by atoms with Crippen molar-refractivity contribution in [3.8, 4) is 11.5 Å². The van der Waals surface area contributed by atoms with Gasteiger partial charge in [0.05, 0.1) is 14.2 Å². The molecule has 0 unspecified atom stereocenters. The maximum Gasteiger partial charge on any atom is 0.220 e. The summed E-state index contributed by atoms with van der Waals surface area (Å²) in [6.45, 7) is 0.568. The molecule has 0 saturated carbocycles. The van der Waals surface area contributed by atoms with Gasteiger partial charge < -0.3 is 14.8 Å². The summed E-state index contributed by atoms with van der Waals surface area (Å²) in [4.78, 5) is 12.5. The number of aryl methyl sites for hydroxylation is 1. The van der Waals surface area contributed by atoms with E-state index in [0.717, 1.165) is 5.56 Å². The summed E-state index contributed by atoms with van der Waals surface area (Å²) in [5, 5.41) is 3.11. The molecule has 0 heterocycles. The van der Waals surface area contributed by atoms with Gasteiger partial charge in [-0.3, -0.25) is 4.79 Å². The summed E-state index contributed by atoms with van der Waals surface area (Å²) in [7, 11) is 3.22. The molecule has 0 radical (unpaired) electrons. The number of carbonyl (C=O) groups is 1. The first-order valence-electron chi connectivity index (χ1n) is 9.78. The Morgan fingerprint density at radius 3 is 1.97 bits per heavy atom. The molecule has 0 aromatic heterocycles. The van der Waals surface area contributed by atoms with E-state index >= 15 is 0 Å². The molecule has 1 N–H and O–H groups in total. The molecule has 0 aliphatic rings. The first kappa shape index (κ1) is 20.5. The van der Waals surface area contributed by atoms with Gasteiger partial charge in [0.2, 0.25) is 5.91 Å². The number of rotatable bonds is 9. The first-order valence-corrected chi connectivity index (χ1v) is 9.78. The van der Waals surface area contributed by atoms with E-state index < -0.39 is 0 Å². The maximum atomic E-state index is 12.5. The molecule has 0 bridgehead atoms. The van der Waals surface area contributed by atoms with Gasteiger partial charge in [-0.05, 0) is 35.2 Å². The molecule has 0 atom stereocenters. The topological polar surface area (TPSA) is 47.6 Å². The van der Waals surface area contributed by atoms with Crippen LogP contribution in [0, 0.1) is 0 Å². The quantitative estimate of drug-likeness (QED) is 0.582. The molecule has 0 fully saturated rings. The Bertz CT molecular complexity index is 870. The van der Waals surface area contributed by atoms with Crippen LogP contribution in [0.25, 0.3) is 0 Å². The third-order valence-electron chi connectivity index (χ3n) is 5.00. The smallest absolute Gasteiger partial charge is 0.220 e. The van der Waals surface area contributed by atoms with Gasteiger partial charge in [-0.2, -0.15) is 0 Å². The van der Waals surface area contributed by atoms with Crippen LogP contribution in [-0.4, -0.2) is 26.7 Å². The Morgan fingerprint density at radius 2 is 1.41 bits per heavy atom. The van der Waals surface area contributed by atoms with Gasteiger partial charge in [0.1, 0.15) is 0 Å². The molecule has 0 saturated heterocycles. The number of hydrogen-bond donors (Lipinski definition) is 1. The molecular weight excluding hydrogens is 362 g/mol. The van der Waals surface area contributed by atoms with Crippen LogP contribution < -0.4 is 14.8 Å². The lowest BCUT2D eigenvalue weighted by atomic mass is 9.91. The second-order valence-corrected chi connectivity index (χ2v) is 6.87. The lowest BCUT2D eigenvalue weighted by molar-refractivity contribution is -0.121. The molecule has 150 valence electrons. The number of ether oxygens (including phenoxy) is 2. The molecule has 4 nitrogen and oxygen atoms in total. The van der Waals surface area contributed by atoms with Gasteiger partial charge in [0, 0.05) is 18.9 Å². The fourth-order valence-corrected chi connectivity index (χ4v) is 3.40. The van der Waals surface area contributed by atoms with Crippen molar-refractivity contribution in [3.05, 3.63) is 95.6 Å². The largest absolute Gasteiger partial charge is 0.493 e. The Kier molecular flexibility index (Phi) is 7.28. The van der Waals surface area contributed by atoms with E-state index in [-0.39, 0.29) is 11.8 Å². The summed E-state index contributed by atoms with van der Waals surface area (Å²) < 4.78 is 10.6. The van der Waals surface area contributed by atoms with Gasteiger partial charge >= 0.3 is 0 Å². The predicted molar refractivity (Wildman–Crippen MR) is 116 cm³/mol. The summed E-state index contributed by atoms with van der Waals surface area (Å²) in [6, 6.07) is 26.3. The van der Waals surface area contributed by atoms with Crippen molar-refractivity contribution in [1.82, 2.24) is 5.32 Å². The average Bonchev–Trinajstić information content (AvgIpc) is 2.79. The summed E-state index contributed by atoms with van der Waals surface area (Å²) in [6.07, 6.45) is 1.07. The SMILES string of the molecule is COc1ccc(CCC(=O)NCC(c2ccccc2)c2ccccc2)cc1OC. The minimum Gasteiger partial charge on any atom is -0.493 e. The Labute approximate surface area is 172 Å². The van der Waals surface area contributed by atoms with E-state index in [2.05, 4.69) is 29.6 Å². The van der Waals surface area contributed by atoms with E-state index in [1.54, 1.807) is 14.2 Å². The minimum absolute atomic E-state index is 0.0386. The van der Waals surface area contributed by atoms with Crippen LogP contribution in [0.4, 0.5) is 0 Å². The van der Waals surface area contributed by atoms with E-state index in [0.29, 0.717) is 30.9 Å². The molecular formula is C25H27NO3. The molecule has 3 aromatic rings. The molecule has 29 heavy (non-hydrogen) atoms. The monoisotopic (exact) mass is 389 g/mol. The molecule has 4 heteroatoms. The third-order valence-corrected chi connectivity index (χ3v) is 5.00. The number of hydrogen-bond acceptors (Lipinski definition) is 3. The average molecular weight is 389 g/mol. The number of nitrogens with one attached hydrogen (secondary N) is 1. The fraction of sp³-hybridized carbons (Fsp3) is 0.240. The maximum absolute atomic E-state index is 12.5. The Balaban J connectivity index is 1.61. The number of carbonyl (C=O) groups excluding carboxylic acids is 1. The van der Waals surface area contributed by atoms with Crippen molar-refractivity contribution in [2.24, 2.45) is 0 Å². The number of benzene rings is 3. The molecule has 0 spiro atoms. The normalized spacial score (nSPS) is 10.6. The van der Waals surface area contributed by atoms with Crippen LogP contribution in [0.15, 0.2) is 78.9 Å². The number of amides is 1. The van der Waals surface area contributed by atoms with Crippen LogP contribution >= 0.6 is 0 Å². The van der Waals surface area contributed by atoms with Crippen LogP contribution in [0.5, 0.6) is 11.5 Å². The van der Waals surface area contributed by atoms with Crippen molar-refractivity contribution in [2.45, 2.75) is 18.8 Å². The second-order valence-electron chi connectivity index (χ2n) is 6.87. The van der Waals surface area contributed by atoms with Gasteiger partial charge in [-0.25, -0.2) is 0 Å². The van der Waals surface area contributed by atoms with Crippen molar-refractivity contribution in [3.63, 3.8) is 0 Å². The summed E-state index contributed by atoms with van der Waals surface area (Å²) in [5.41, 5.74) is 3.43. The highest BCUT2D eigenvalue weighted by Gasteiger charge is 2.15. The van der Waals surface area contributed by atoms with Crippen molar-refractivity contribution in [1.29, 1.82) is 0 Å². The van der Waals surface area contributed by atoms with Gasteiger partial charge in [-0.15, -0.1) is 0 Å². The van der Waals surface area contributed by atoms with Crippen molar-refractivity contribution < 1.29 is 14.3 Å². The van der Waals surface area contributed by atoms with Crippen LogP contribution in [-0.2, 0) is 11.2 Å². The fourth-order valence-electron chi connectivity index (χ4n) is 3.40. The van der Waals surface area contributed by atoms with Gasteiger partial charge in [0.25, 0.3) is 0 Å². The highest BCUT2D eigenvalue weighted by molar-refractivity contribution is 5.76. The van der Waals surface area contributed by atoms with Crippen LogP contribution in [0.2, 0.25) is 0 Å². The standard InChI is InChI=1S/C25H27NO3/c1-28-23-15-13-19(17-24(23)29-2)14-16-25(27)26-18-22(20-9-5-3-6-10-20)21-11-7-4-8-12-21/h3-13,15,17,22H,14,16,18H2,1-2H3,(H,26,27). The summed E-state index contributed by atoms with van der Waals surface area (Å²) in [5.74, 6) is 1.53. The lowest BCUT2D eigenvalue weighted by Gasteiger charge is -2.19. The van der Waals surface area contributed by atoms with Crippen LogP contribution in [0.1, 0.15) is 29.0 Å². The van der Waals surface area contributed by atoms with E-state index in [4.69, 9.17) is 9.47 Å². The molecule has 3 aromatic carbocycles. The van der Waals surface area contributed by atoms with Crippen molar-refractivity contribution >= 4 is 5.91 Å². The Hall–Kier alpha value is -3.27. The highest BCUT2D eigenvalue weighted by Crippen LogP contribution is 2.28. The molecule has 0 aliphatic heterocycles. The van der Waals surface area contributed by atoms with E-state index in [9.17, 15) is 4.79 Å². The molecule has 1 amide bonds. The lowest BCUT2D eigenvalue weighted by Crippen LogP contribution is -2.29.